The van der Waals surface area contributed by atoms with Crippen LogP contribution in [0.1, 0.15) is 29.9 Å². The van der Waals surface area contributed by atoms with Gasteiger partial charge in [-0.1, -0.05) is 11.6 Å². The molecular weight excluding hydrogens is 250 g/mol. The lowest BCUT2D eigenvalue weighted by Crippen LogP contribution is -2.16. The Bertz CT molecular complexity index is 542. The van der Waals surface area contributed by atoms with Crippen molar-refractivity contribution in [2.24, 2.45) is 0 Å². The van der Waals surface area contributed by atoms with Gasteiger partial charge in [0.15, 0.2) is 0 Å². The van der Waals surface area contributed by atoms with E-state index < -0.39 is 0 Å². The first-order valence-corrected chi connectivity index (χ1v) is 6.58. The van der Waals surface area contributed by atoms with Gasteiger partial charge in [0, 0.05) is 18.2 Å². The fraction of sp³-hybridized carbons (Fsp3) is 0.462. The van der Waals surface area contributed by atoms with Gasteiger partial charge in [-0.15, -0.1) is 0 Å². The molecule has 2 heterocycles. The molecule has 0 amide bonds. The van der Waals surface area contributed by atoms with Crippen molar-refractivity contribution in [3.05, 3.63) is 40.6 Å². The Morgan fingerprint density at radius 2 is 2.39 bits per heavy atom. The van der Waals surface area contributed by atoms with Crippen molar-refractivity contribution in [3.63, 3.8) is 0 Å². The largest absolute Gasteiger partial charge is 0.467 e. The average molecular weight is 266 g/mol. The molecule has 0 bridgehead atoms. The molecule has 96 valence electrons. The summed E-state index contributed by atoms with van der Waals surface area (Å²) in [6.45, 7) is 3.46. The molecule has 0 spiro atoms. The van der Waals surface area contributed by atoms with Crippen LogP contribution in [0.25, 0.3) is 0 Å². The third kappa shape index (κ3) is 2.44. The molecule has 0 atom stereocenters. The minimum atomic E-state index is 0.632. The second-order valence-corrected chi connectivity index (χ2v) is 5.17. The Labute approximate surface area is 111 Å². The van der Waals surface area contributed by atoms with Crippen molar-refractivity contribution in [1.82, 2.24) is 15.1 Å². The molecule has 0 unspecified atom stereocenters. The van der Waals surface area contributed by atoms with Gasteiger partial charge < -0.3 is 9.73 Å². The molecule has 0 radical (unpaired) electrons. The van der Waals surface area contributed by atoms with Gasteiger partial charge in [0.05, 0.1) is 29.7 Å². The highest BCUT2D eigenvalue weighted by Gasteiger charge is 2.21. The molecule has 2 aromatic heterocycles. The molecule has 1 N–H and O–H groups in total. The Kier molecular flexibility index (Phi) is 3.14. The predicted molar refractivity (Wildman–Crippen MR) is 69.6 cm³/mol. The van der Waals surface area contributed by atoms with E-state index in [1.165, 1.54) is 18.4 Å². The second-order valence-electron chi connectivity index (χ2n) is 4.76. The Morgan fingerprint density at radius 3 is 3.06 bits per heavy atom. The van der Waals surface area contributed by atoms with E-state index in [4.69, 9.17) is 16.0 Å². The minimum absolute atomic E-state index is 0.632. The Balaban J connectivity index is 1.71. The third-order valence-electron chi connectivity index (χ3n) is 3.33. The van der Waals surface area contributed by atoms with E-state index >= 15 is 0 Å². The van der Waals surface area contributed by atoms with E-state index in [9.17, 15) is 0 Å². The highest BCUT2D eigenvalue weighted by atomic mass is 35.5. The number of nitrogens with one attached hydrogen (secondary N) is 1. The van der Waals surface area contributed by atoms with Gasteiger partial charge in [-0.3, -0.25) is 4.68 Å². The van der Waals surface area contributed by atoms with Crippen molar-refractivity contribution in [2.75, 3.05) is 0 Å². The van der Waals surface area contributed by atoms with E-state index in [0.717, 1.165) is 18.0 Å². The average Bonchev–Trinajstić information content (AvgIpc) is 3.02. The summed E-state index contributed by atoms with van der Waals surface area (Å²) in [4.78, 5) is 0. The summed E-state index contributed by atoms with van der Waals surface area (Å²) in [6.07, 6.45) is 5.99. The molecule has 4 nitrogen and oxygen atoms in total. The van der Waals surface area contributed by atoms with Crippen LogP contribution >= 0.6 is 11.6 Å². The molecule has 18 heavy (non-hydrogen) atoms. The first-order valence-electron chi connectivity index (χ1n) is 6.20. The number of nitrogens with zero attached hydrogens (tertiary/aromatic N) is 2. The summed E-state index contributed by atoms with van der Waals surface area (Å²) in [5.41, 5.74) is 2.17. The van der Waals surface area contributed by atoms with Gasteiger partial charge in [0.1, 0.15) is 5.76 Å². The second kappa shape index (κ2) is 4.78. The van der Waals surface area contributed by atoms with Crippen LogP contribution in [0.4, 0.5) is 0 Å². The summed E-state index contributed by atoms with van der Waals surface area (Å²) in [5, 5.41) is 8.43. The van der Waals surface area contributed by atoms with Crippen molar-refractivity contribution in [2.45, 2.75) is 38.9 Å². The van der Waals surface area contributed by atoms with E-state index in [-0.39, 0.29) is 0 Å². The SMILES string of the molecule is Cc1c(Cl)cnn1Cc1occc1CNC1CC1. The van der Waals surface area contributed by atoms with E-state index in [1.54, 1.807) is 12.5 Å². The molecule has 0 aromatic carbocycles. The summed E-state index contributed by atoms with van der Waals surface area (Å²) >= 11 is 5.99. The predicted octanol–water partition coefficient (Wildman–Crippen LogP) is 2.74. The van der Waals surface area contributed by atoms with Crippen LogP contribution in [0.2, 0.25) is 5.02 Å². The van der Waals surface area contributed by atoms with Crippen LogP contribution < -0.4 is 5.32 Å². The van der Waals surface area contributed by atoms with Crippen LogP contribution in [0.15, 0.2) is 22.9 Å². The quantitative estimate of drug-likeness (QED) is 0.904. The van der Waals surface area contributed by atoms with Gasteiger partial charge in [-0.05, 0) is 25.8 Å². The molecule has 1 aliphatic rings. The van der Waals surface area contributed by atoms with Gasteiger partial charge in [0.2, 0.25) is 0 Å². The van der Waals surface area contributed by atoms with Crippen molar-refractivity contribution >= 4 is 11.6 Å². The molecular formula is C13H16ClN3O. The van der Waals surface area contributed by atoms with Gasteiger partial charge >= 0.3 is 0 Å². The number of hydrogen-bond acceptors (Lipinski definition) is 3. The number of hydrogen-bond donors (Lipinski definition) is 1. The normalized spacial score (nSPS) is 15.2. The fourth-order valence-corrected chi connectivity index (χ4v) is 2.07. The maximum atomic E-state index is 5.99. The number of furan rings is 1. The number of rotatable bonds is 5. The molecule has 5 heteroatoms. The molecule has 2 aromatic rings. The van der Waals surface area contributed by atoms with E-state index in [2.05, 4.69) is 10.4 Å². The highest BCUT2D eigenvalue weighted by molar-refractivity contribution is 6.31. The summed E-state index contributed by atoms with van der Waals surface area (Å²) in [5.74, 6) is 0.950. The van der Waals surface area contributed by atoms with E-state index in [0.29, 0.717) is 17.6 Å². The topological polar surface area (TPSA) is 43.0 Å². The van der Waals surface area contributed by atoms with Gasteiger partial charge in [-0.2, -0.15) is 5.10 Å². The highest BCUT2D eigenvalue weighted by Crippen LogP contribution is 2.21. The monoisotopic (exact) mass is 265 g/mol. The maximum absolute atomic E-state index is 5.99. The molecule has 0 aliphatic heterocycles. The van der Waals surface area contributed by atoms with Gasteiger partial charge in [-0.25, -0.2) is 0 Å². The lowest BCUT2D eigenvalue weighted by Gasteiger charge is -2.06. The molecule has 1 saturated carbocycles. The fourth-order valence-electron chi connectivity index (χ4n) is 1.92. The van der Waals surface area contributed by atoms with Gasteiger partial charge in [0.25, 0.3) is 0 Å². The smallest absolute Gasteiger partial charge is 0.129 e. The number of aromatic nitrogens is 2. The van der Waals surface area contributed by atoms with Crippen LogP contribution in [-0.2, 0) is 13.1 Å². The number of halogens is 1. The van der Waals surface area contributed by atoms with Crippen LogP contribution in [0.3, 0.4) is 0 Å². The Hall–Kier alpha value is -1.26. The van der Waals surface area contributed by atoms with Crippen molar-refractivity contribution in [1.29, 1.82) is 0 Å². The lowest BCUT2D eigenvalue weighted by atomic mass is 10.2. The summed E-state index contributed by atoms with van der Waals surface area (Å²) in [7, 11) is 0. The van der Waals surface area contributed by atoms with Crippen LogP contribution in [-0.4, -0.2) is 15.8 Å². The van der Waals surface area contributed by atoms with Crippen LogP contribution in [0, 0.1) is 6.92 Å². The molecule has 3 rings (SSSR count). The third-order valence-corrected chi connectivity index (χ3v) is 3.70. The first kappa shape index (κ1) is 11.8. The summed E-state index contributed by atoms with van der Waals surface area (Å²) < 4.78 is 7.40. The standard InChI is InChI=1S/C13H16ClN3O/c1-9-12(14)7-16-17(9)8-13-10(4-5-18-13)6-15-11-2-3-11/h4-5,7,11,15H,2-3,6,8H2,1H3. The van der Waals surface area contributed by atoms with Crippen LogP contribution in [0.5, 0.6) is 0 Å². The minimum Gasteiger partial charge on any atom is -0.467 e. The Morgan fingerprint density at radius 1 is 1.56 bits per heavy atom. The molecule has 1 fully saturated rings. The zero-order valence-electron chi connectivity index (χ0n) is 10.3. The lowest BCUT2D eigenvalue weighted by molar-refractivity contribution is 0.469. The summed E-state index contributed by atoms with van der Waals surface area (Å²) in [6, 6.07) is 2.72. The first-order chi connectivity index (χ1) is 8.74. The van der Waals surface area contributed by atoms with Crippen molar-refractivity contribution in [3.8, 4) is 0 Å². The zero-order chi connectivity index (χ0) is 12.5. The molecule has 0 saturated heterocycles. The van der Waals surface area contributed by atoms with Crippen molar-refractivity contribution < 1.29 is 4.42 Å². The maximum Gasteiger partial charge on any atom is 0.129 e. The van der Waals surface area contributed by atoms with E-state index in [1.807, 2.05) is 17.7 Å². The molecule has 1 aliphatic carbocycles. The zero-order valence-corrected chi connectivity index (χ0v) is 11.1.